The Bertz CT molecular complexity index is 276. The van der Waals surface area contributed by atoms with Crippen LogP contribution in [-0.2, 0) is 9.53 Å². The Labute approximate surface area is 86.9 Å². The first-order valence-corrected chi connectivity index (χ1v) is 4.22. The van der Waals surface area contributed by atoms with Crippen LogP contribution >= 0.6 is 11.6 Å². The lowest BCUT2D eigenvalue weighted by Gasteiger charge is -2.04. The fourth-order valence-corrected chi connectivity index (χ4v) is 0.831. The zero-order valence-electron chi connectivity index (χ0n) is 7.70. The van der Waals surface area contributed by atoms with E-state index in [-0.39, 0.29) is 11.5 Å². The number of alkyl halides is 1. The first-order chi connectivity index (χ1) is 6.67. The summed E-state index contributed by atoms with van der Waals surface area (Å²) >= 11 is 5.50. The summed E-state index contributed by atoms with van der Waals surface area (Å²) in [5, 5.41) is 2.49. The van der Waals surface area contributed by atoms with Crippen molar-refractivity contribution in [1.82, 2.24) is 0 Å². The first-order valence-electron chi connectivity index (χ1n) is 3.69. The van der Waals surface area contributed by atoms with Crippen LogP contribution in [-0.4, -0.2) is 19.0 Å². The molecule has 76 valence electrons. The maximum absolute atomic E-state index is 11.2. The normalized spacial score (nSPS) is 11.4. The van der Waals surface area contributed by atoms with Gasteiger partial charge in [-0.3, -0.25) is 0 Å². The summed E-state index contributed by atoms with van der Waals surface area (Å²) in [7, 11) is 1.25. The van der Waals surface area contributed by atoms with E-state index in [4.69, 9.17) is 11.6 Å². The molecule has 0 amide bonds. The molecule has 14 heavy (non-hydrogen) atoms. The van der Waals surface area contributed by atoms with Crippen molar-refractivity contribution in [2.45, 2.75) is 0 Å². The highest BCUT2D eigenvalue weighted by Gasteiger charge is 2.11. The number of carbonyl (C=O) groups excluding carboxylic acids is 1. The predicted molar refractivity (Wildman–Crippen MR) is 54.9 cm³/mol. The summed E-state index contributed by atoms with van der Waals surface area (Å²) in [6.07, 6.45) is 3.69. The second-order valence-electron chi connectivity index (χ2n) is 2.26. The molecule has 0 aliphatic carbocycles. The minimum Gasteiger partial charge on any atom is -0.465 e. The molecule has 0 heterocycles. The van der Waals surface area contributed by atoms with Crippen LogP contribution in [0.25, 0.3) is 0 Å². The molecule has 0 aliphatic heterocycles. The third-order valence-electron chi connectivity index (χ3n) is 1.36. The molecule has 0 rings (SSSR count). The van der Waals surface area contributed by atoms with Gasteiger partial charge in [0.15, 0.2) is 0 Å². The van der Waals surface area contributed by atoms with E-state index >= 15 is 0 Å². The highest BCUT2D eigenvalue weighted by molar-refractivity contribution is 6.20. The van der Waals surface area contributed by atoms with E-state index in [0.717, 1.165) is 6.20 Å². The van der Waals surface area contributed by atoms with Crippen molar-refractivity contribution in [1.29, 1.82) is 0 Å². The molecule has 0 saturated heterocycles. The Balaban J connectivity index is 4.80. The van der Waals surface area contributed by atoms with Crippen molar-refractivity contribution in [3.8, 4) is 0 Å². The summed E-state index contributed by atoms with van der Waals surface area (Å²) in [5.41, 5.74) is 0.650. The number of carbonyl (C=O) groups is 1. The molecule has 0 fully saturated rings. The topological polar surface area (TPSA) is 55.7 Å². The summed E-state index contributed by atoms with van der Waals surface area (Å²) in [5.74, 6) is -0.435. The summed E-state index contributed by atoms with van der Waals surface area (Å²) in [6, 6.07) is 0. The maximum Gasteiger partial charge on any atom is 0.338 e. The van der Waals surface area contributed by atoms with E-state index in [9.17, 15) is 9.70 Å². The molecule has 0 aromatic rings. The van der Waals surface area contributed by atoms with Gasteiger partial charge in [-0.05, 0) is 22.9 Å². The second kappa shape index (κ2) is 7.03. The van der Waals surface area contributed by atoms with Gasteiger partial charge in [0.05, 0.1) is 18.9 Å². The summed E-state index contributed by atoms with van der Waals surface area (Å²) < 4.78 is 4.50. The van der Waals surface area contributed by atoms with E-state index in [2.05, 4.69) is 16.5 Å². The van der Waals surface area contributed by atoms with Crippen molar-refractivity contribution >= 4 is 17.6 Å². The number of hydrogen-bond acceptors (Lipinski definition) is 4. The Morgan fingerprint density at radius 2 is 2.29 bits per heavy atom. The third-order valence-corrected chi connectivity index (χ3v) is 1.68. The predicted octanol–water partition coefficient (Wildman–Crippen LogP) is 2.16. The SMILES string of the molecule is C=C(CCl)/C(=C\C=C/N=O)C(=O)OC. The molecule has 0 saturated carbocycles. The van der Waals surface area contributed by atoms with Crippen LogP contribution in [0.1, 0.15) is 0 Å². The van der Waals surface area contributed by atoms with Gasteiger partial charge in [0.1, 0.15) is 0 Å². The second-order valence-corrected chi connectivity index (χ2v) is 2.52. The van der Waals surface area contributed by atoms with Crippen molar-refractivity contribution in [2.24, 2.45) is 5.18 Å². The Morgan fingerprint density at radius 1 is 1.64 bits per heavy atom. The molecule has 5 heteroatoms. The average Bonchev–Trinajstić information content (AvgIpc) is 2.22. The van der Waals surface area contributed by atoms with Gasteiger partial charge in [-0.2, -0.15) is 0 Å². The van der Waals surface area contributed by atoms with Gasteiger partial charge in [-0.1, -0.05) is 6.58 Å². The molecule has 0 N–H and O–H groups in total. The average molecular weight is 216 g/mol. The highest BCUT2D eigenvalue weighted by atomic mass is 35.5. The smallest absolute Gasteiger partial charge is 0.338 e. The molecule has 4 nitrogen and oxygen atoms in total. The minimum absolute atomic E-state index is 0.114. The molecule has 0 atom stereocenters. The number of methoxy groups -OCH3 is 1. The fraction of sp³-hybridized carbons (Fsp3) is 0.222. The number of ether oxygens (including phenoxy) is 1. The number of allylic oxidation sites excluding steroid dienone is 2. The van der Waals surface area contributed by atoms with Crippen LogP contribution in [0.15, 0.2) is 41.3 Å². The number of rotatable bonds is 5. The number of esters is 1. The Kier molecular flexibility index (Phi) is 6.32. The van der Waals surface area contributed by atoms with Crippen LogP contribution in [0.5, 0.6) is 0 Å². The van der Waals surface area contributed by atoms with Crippen LogP contribution in [0.3, 0.4) is 0 Å². The molecular weight excluding hydrogens is 206 g/mol. The van der Waals surface area contributed by atoms with Gasteiger partial charge in [0.25, 0.3) is 0 Å². The van der Waals surface area contributed by atoms with Crippen molar-refractivity contribution in [2.75, 3.05) is 13.0 Å². The molecular formula is C9H10ClNO3. The summed E-state index contributed by atoms with van der Waals surface area (Å²) in [4.78, 5) is 20.9. The Morgan fingerprint density at radius 3 is 2.71 bits per heavy atom. The molecule has 0 aromatic heterocycles. The third kappa shape index (κ3) is 4.00. The number of halogens is 1. The molecule has 0 spiro atoms. The zero-order valence-corrected chi connectivity index (χ0v) is 8.45. The van der Waals surface area contributed by atoms with Crippen molar-refractivity contribution in [3.05, 3.63) is 41.0 Å². The number of nitrogens with zero attached hydrogens (tertiary/aromatic N) is 1. The van der Waals surface area contributed by atoms with Gasteiger partial charge in [0.2, 0.25) is 0 Å². The van der Waals surface area contributed by atoms with Crippen LogP contribution in [0, 0.1) is 4.91 Å². The lowest BCUT2D eigenvalue weighted by atomic mass is 10.1. The number of hydrogen-bond donors (Lipinski definition) is 0. The largest absolute Gasteiger partial charge is 0.465 e. The lowest BCUT2D eigenvalue weighted by molar-refractivity contribution is -0.135. The summed E-state index contributed by atoms with van der Waals surface area (Å²) in [6.45, 7) is 3.58. The Hall–Kier alpha value is -1.42. The zero-order chi connectivity index (χ0) is 11.0. The van der Waals surface area contributed by atoms with E-state index in [1.165, 1.54) is 19.3 Å². The molecule has 0 radical (unpaired) electrons. The van der Waals surface area contributed by atoms with Crippen LogP contribution < -0.4 is 0 Å². The number of nitroso groups, excluding NO2 is 1. The standard InChI is InChI=1S/C9H10ClNO3/c1-7(6-10)8(9(12)14-2)4-3-5-11-13/h3-5H,1,6H2,2H3/b5-3-,8-4+. The van der Waals surface area contributed by atoms with Gasteiger partial charge in [0, 0.05) is 5.88 Å². The van der Waals surface area contributed by atoms with Crippen LogP contribution in [0.4, 0.5) is 0 Å². The van der Waals surface area contributed by atoms with E-state index in [0.29, 0.717) is 5.57 Å². The van der Waals surface area contributed by atoms with Crippen LogP contribution in [0.2, 0.25) is 0 Å². The van der Waals surface area contributed by atoms with Crippen molar-refractivity contribution < 1.29 is 9.53 Å². The van der Waals surface area contributed by atoms with E-state index < -0.39 is 5.97 Å². The van der Waals surface area contributed by atoms with Crippen molar-refractivity contribution in [3.63, 3.8) is 0 Å². The van der Waals surface area contributed by atoms with Gasteiger partial charge >= 0.3 is 5.97 Å². The first kappa shape index (κ1) is 12.6. The lowest BCUT2D eigenvalue weighted by Crippen LogP contribution is -2.07. The van der Waals surface area contributed by atoms with Gasteiger partial charge in [-0.15, -0.1) is 16.5 Å². The molecule has 0 aromatic carbocycles. The molecule has 0 unspecified atom stereocenters. The van der Waals surface area contributed by atoms with Gasteiger partial charge < -0.3 is 4.74 Å². The quantitative estimate of drug-likeness (QED) is 0.232. The molecule has 0 aliphatic rings. The monoisotopic (exact) mass is 215 g/mol. The fourth-order valence-electron chi connectivity index (χ4n) is 0.687. The minimum atomic E-state index is -0.550. The van der Waals surface area contributed by atoms with E-state index in [1.807, 2.05) is 0 Å². The van der Waals surface area contributed by atoms with E-state index in [1.54, 1.807) is 0 Å². The maximum atomic E-state index is 11.2. The molecule has 0 bridgehead atoms. The highest BCUT2D eigenvalue weighted by Crippen LogP contribution is 2.11. The van der Waals surface area contributed by atoms with Gasteiger partial charge in [-0.25, -0.2) is 4.79 Å².